The Labute approximate surface area is 172 Å². The number of aromatic amines is 1. The number of benzene rings is 1. The van der Waals surface area contributed by atoms with E-state index in [2.05, 4.69) is 10.3 Å². The van der Waals surface area contributed by atoms with Crippen LogP contribution >= 0.6 is 0 Å². The SMILES string of the molecule is CCC(N)C(=O)NCCc1c[nH]c2ccc(OC)cc12.O=C(O)C(O)C(O)C(=O)O. The van der Waals surface area contributed by atoms with Crippen molar-refractivity contribution in [1.29, 1.82) is 0 Å². The number of carbonyl (C=O) groups excluding carboxylic acids is 1. The summed E-state index contributed by atoms with van der Waals surface area (Å²) in [5, 5.41) is 36.5. The lowest BCUT2D eigenvalue weighted by Gasteiger charge is -2.09. The van der Waals surface area contributed by atoms with Gasteiger partial charge in [-0.1, -0.05) is 6.92 Å². The Kier molecular flexibility index (Phi) is 9.75. The van der Waals surface area contributed by atoms with Gasteiger partial charge in [0.15, 0.2) is 12.2 Å². The normalized spacial score (nSPS) is 13.5. The highest BCUT2D eigenvalue weighted by molar-refractivity contribution is 5.85. The van der Waals surface area contributed by atoms with Gasteiger partial charge in [0.2, 0.25) is 5.91 Å². The third-order valence-electron chi connectivity index (χ3n) is 4.25. The van der Waals surface area contributed by atoms with Crippen LogP contribution in [0.2, 0.25) is 0 Å². The Hall–Kier alpha value is -3.15. The van der Waals surface area contributed by atoms with E-state index in [1.807, 2.05) is 31.3 Å². The Morgan fingerprint density at radius 3 is 2.27 bits per heavy atom. The Balaban J connectivity index is 0.000000382. The van der Waals surface area contributed by atoms with Gasteiger partial charge in [0, 0.05) is 23.6 Å². The number of nitrogens with one attached hydrogen (secondary N) is 2. The highest BCUT2D eigenvalue weighted by atomic mass is 16.5. The molecular formula is C19H27N3O8. The molecule has 0 aliphatic heterocycles. The summed E-state index contributed by atoms with van der Waals surface area (Å²) in [5.41, 5.74) is 7.89. The number of aliphatic carboxylic acids is 2. The quantitative estimate of drug-likeness (QED) is 0.276. The highest BCUT2D eigenvalue weighted by Crippen LogP contribution is 2.23. The maximum absolute atomic E-state index is 11.6. The molecule has 0 aliphatic carbocycles. The molecule has 11 nitrogen and oxygen atoms in total. The molecule has 8 N–H and O–H groups in total. The lowest BCUT2D eigenvalue weighted by atomic mass is 10.1. The van der Waals surface area contributed by atoms with E-state index in [1.54, 1.807) is 7.11 Å². The monoisotopic (exact) mass is 425 g/mol. The summed E-state index contributed by atoms with van der Waals surface area (Å²) in [6, 6.07) is 5.49. The molecule has 1 aromatic carbocycles. The van der Waals surface area contributed by atoms with Crippen LogP contribution in [0.3, 0.4) is 0 Å². The van der Waals surface area contributed by atoms with Crippen LogP contribution in [0.5, 0.6) is 5.75 Å². The van der Waals surface area contributed by atoms with E-state index in [0.29, 0.717) is 13.0 Å². The zero-order valence-electron chi connectivity index (χ0n) is 16.7. The molecule has 0 saturated heterocycles. The van der Waals surface area contributed by atoms with Crippen LogP contribution < -0.4 is 15.8 Å². The second-order valence-electron chi connectivity index (χ2n) is 6.35. The van der Waals surface area contributed by atoms with E-state index in [0.717, 1.165) is 28.6 Å². The number of carboxylic acid groups (broad SMARTS) is 2. The Morgan fingerprint density at radius 2 is 1.77 bits per heavy atom. The fourth-order valence-corrected chi connectivity index (χ4v) is 2.40. The van der Waals surface area contributed by atoms with Crippen molar-refractivity contribution in [3.05, 3.63) is 30.0 Å². The van der Waals surface area contributed by atoms with Crippen molar-refractivity contribution in [2.75, 3.05) is 13.7 Å². The number of carbonyl (C=O) groups is 3. The molecule has 2 rings (SSSR count). The van der Waals surface area contributed by atoms with Crippen molar-refractivity contribution in [3.63, 3.8) is 0 Å². The minimum Gasteiger partial charge on any atom is -0.497 e. The van der Waals surface area contributed by atoms with Crippen LogP contribution in [0.4, 0.5) is 0 Å². The molecule has 3 atom stereocenters. The number of rotatable bonds is 9. The fourth-order valence-electron chi connectivity index (χ4n) is 2.40. The van der Waals surface area contributed by atoms with Crippen LogP contribution in [0.15, 0.2) is 24.4 Å². The second-order valence-corrected chi connectivity index (χ2v) is 6.35. The lowest BCUT2D eigenvalue weighted by Crippen LogP contribution is -2.40. The van der Waals surface area contributed by atoms with E-state index < -0.39 is 30.2 Å². The van der Waals surface area contributed by atoms with Crippen molar-refractivity contribution < 1.29 is 39.5 Å². The minimum atomic E-state index is -2.27. The maximum atomic E-state index is 11.6. The molecular weight excluding hydrogens is 398 g/mol. The van der Waals surface area contributed by atoms with Crippen molar-refractivity contribution in [2.24, 2.45) is 5.73 Å². The molecule has 11 heteroatoms. The fraction of sp³-hybridized carbons (Fsp3) is 0.421. The molecule has 166 valence electrons. The number of ether oxygens (including phenoxy) is 1. The summed E-state index contributed by atoms with van der Waals surface area (Å²) in [6.07, 6.45) is -1.16. The molecule has 3 unspecified atom stereocenters. The third kappa shape index (κ3) is 7.03. The van der Waals surface area contributed by atoms with Crippen LogP contribution in [-0.4, -0.2) is 75.2 Å². The largest absolute Gasteiger partial charge is 0.497 e. The minimum absolute atomic E-state index is 0.0927. The number of aromatic nitrogens is 1. The summed E-state index contributed by atoms with van der Waals surface area (Å²) in [5.74, 6) is -2.80. The molecule has 0 radical (unpaired) electrons. The summed E-state index contributed by atoms with van der Waals surface area (Å²) >= 11 is 0. The van der Waals surface area contributed by atoms with Crippen molar-refractivity contribution in [3.8, 4) is 5.75 Å². The molecule has 2 aromatic rings. The summed E-state index contributed by atoms with van der Waals surface area (Å²) in [4.78, 5) is 34.4. The number of hydrogen-bond acceptors (Lipinski definition) is 7. The maximum Gasteiger partial charge on any atom is 0.335 e. The van der Waals surface area contributed by atoms with Crippen molar-refractivity contribution in [1.82, 2.24) is 10.3 Å². The third-order valence-corrected chi connectivity index (χ3v) is 4.25. The molecule has 0 saturated carbocycles. The Morgan fingerprint density at radius 1 is 1.17 bits per heavy atom. The van der Waals surface area contributed by atoms with Gasteiger partial charge in [0.25, 0.3) is 0 Å². The average molecular weight is 425 g/mol. The topological polar surface area (TPSA) is 195 Å². The van der Waals surface area contributed by atoms with Crippen LogP contribution in [0.25, 0.3) is 10.9 Å². The number of fused-ring (bicyclic) bond motifs is 1. The number of aliphatic hydroxyl groups excluding tert-OH is 2. The first-order chi connectivity index (χ1) is 14.1. The van der Waals surface area contributed by atoms with Gasteiger partial charge in [0.05, 0.1) is 13.2 Å². The predicted molar refractivity (Wildman–Crippen MR) is 107 cm³/mol. The highest BCUT2D eigenvalue weighted by Gasteiger charge is 2.29. The smallest absolute Gasteiger partial charge is 0.335 e. The van der Waals surface area contributed by atoms with Crippen molar-refractivity contribution in [2.45, 2.75) is 38.0 Å². The van der Waals surface area contributed by atoms with Gasteiger partial charge >= 0.3 is 11.9 Å². The van der Waals surface area contributed by atoms with Gasteiger partial charge in [-0.05, 0) is 36.6 Å². The molecule has 0 aliphatic rings. The first kappa shape index (κ1) is 24.9. The Bertz CT molecular complexity index is 849. The van der Waals surface area contributed by atoms with E-state index in [4.69, 9.17) is 30.9 Å². The molecule has 30 heavy (non-hydrogen) atoms. The predicted octanol–water partition coefficient (Wildman–Crippen LogP) is -0.550. The number of H-pyrrole nitrogens is 1. The summed E-state index contributed by atoms with van der Waals surface area (Å²) in [6.45, 7) is 2.48. The van der Waals surface area contributed by atoms with E-state index in [-0.39, 0.29) is 5.91 Å². The van der Waals surface area contributed by atoms with Gasteiger partial charge in [-0.3, -0.25) is 4.79 Å². The molecule has 0 fully saturated rings. The lowest BCUT2D eigenvalue weighted by molar-refractivity contribution is -0.165. The van der Waals surface area contributed by atoms with Crippen LogP contribution in [-0.2, 0) is 20.8 Å². The molecule has 1 aromatic heterocycles. The van der Waals surface area contributed by atoms with Gasteiger partial charge in [-0.2, -0.15) is 0 Å². The molecule has 0 spiro atoms. The van der Waals surface area contributed by atoms with Gasteiger partial charge in [-0.15, -0.1) is 0 Å². The number of methoxy groups -OCH3 is 1. The van der Waals surface area contributed by atoms with E-state index in [1.165, 1.54) is 0 Å². The molecule has 0 bridgehead atoms. The average Bonchev–Trinajstić information content (AvgIpc) is 3.14. The van der Waals surface area contributed by atoms with Crippen LogP contribution in [0, 0.1) is 0 Å². The standard InChI is InChI=1S/C15H21N3O2.C4H6O6/c1-3-13(16)15(19)17-7-6-10-9-18-14-5-4-11(20-2)8-12(10)14;5-1(3(7)8)2(6)4(9)10/h4-5,8-9,13,18H,3,6-7,16H2,1-2H3,(H,17,19);1-2,5-6H,(H,7,8)(H,9,10). The second kappa shape index (κ2) is 11.8. The van der Waals surface area contributed by atoms with E-state index in [9.17, 15) is 14.4 Å². The molecule has 1 amide bonds. The summed E-state index contributed by atoms with van der Waals surface area (Å²) < 4.78 is 5.24. The number of nitrogens with two attached hydrogens (primary N) is 1. The number of amides is 1. The first-order valence-electron chi connectivity index (χ1n) is 9.11. The molecule has 1 heterocycles. The first-order valence-corrected chi connectivity index (χ1v) is 9.11. The number of hydrogen-bond donors (Lipinski definition) is 7. The van der Waals surface area contributed by atoms with Gasteiger partial charge in [0.1, 0.15) is 5.75 Å². The van der Waals surface area contributed by atoms with E-state index >= 15 is 0 Å². The van der Waals surface area contributed by atoms with Crippen LogP contribution in [0.1, 0.15) is 18.9 Å². The van der Waals surface area contributed by atoms with Gasteiger partial charge < -0.3 is 41.2 Å². The number of carboxylic acids is 2. The van der Waals surface area contributed by atoms with Gasteiger partial charge in [-0.25, -0.2) is 9.59 Å². The van der Waals surface area contributed by atoms with Crippen molar-refractivity contribution >= 4 is 28.7 Å². The zero-order valence-corrected chi connectivity index (χ0v) is 16.7. The number of aliphatic hydroxyl groups is 2. The summed E-state index contributed by atoms with van der Waals surface area (Å²) in [7, 11) is 1.65. The zero-order chi connectivity index (χ0) is 22.8.